The fraction of sp³-hybridized carbons (Fsp3) is 0.500. The smallest absolute Gasteiger partial charge is 0.124 e. The zero-order valence-electron chi connectivity index (χ0n) is 10.2. The Morgan fingerprint density at radius 2 is 1.89 bits per heavy atom. The first-order valence-electron chi connectivity index (χ1n) is 5.75. The number of hydrogen-bond donors (Lipinski definition) is 1. The summed E-state index contributed by atoms with van der Waals surface area (Å²) < 4.78 is 33.7. The molecule has 0 unspecified atom stereocenters. The van der Waals surface area contributed by atoms with Crippen LogP contribution in [-0.4, -0.2) is 26.1 Å². The summed E-state index contributed by atoms with van der Waals surface area (Å²) in [6.07, 6.45) is 1.76. The molecule has 2 rings (SSSR count). The lowest BCUT2D eigenvalue weighted by molar-refractivity contribution is 0.442. The van der Waals surface area contributed by atoms with Gasteiger partial charge in [0.2, 0.25) is 0 Å². The summed E-state index contributed by atoms with van der Waals surface area (Å²) >= 11 is 0. The molecule has 1 aliphatic heterocycles. The SMILES string of the molecule is Cc1ccc(S(=O)(=O)[O-])c(C2CCNCC2)c1.Cl. The molecule has 6 heteroatoms. The summed E-state index contributed by atoms with van der Waals surface area (Å²) in [6, 6.07) is 4.95. The summed E-state index contributed by atoms with van der Waals surface area (Å²) in [7, 11) is -4.37. The molecule has 0 atom stereocenters. The minimum Gasteiger partial charge on any atom is -0.744 e. The number of benzene rings is 1. The van der Waals surface area contributed by atoms with Gasteiger partial charge in [-0.2, -0.15) is 0 Å². The van der Waals surface area contributed by atoms with Crippen molar-refractivity contribution in [3.05, 3.63) is 29.3 Å². The van der Waals surface area contributed by atoms with E-state index < -0.39 is 10.1 Å². The second-order valence-corrected chi connectivity index (χ2v) is 5.87. The molecule has 0 amide bonds. The molecule has 1 aliphatic rings. The molecule has 1 N–H and O–H groups in total. The monoisotopic (exact) mass is 290 g/mol. The van der Waals surface area contributed by atoms with Crippen molar-refractivity contribution in [1.29, 1.82) is 0 Å². The van der Waals surface area contributed by atoms with Crippen molar-refractivity contribution in [3.63, 3.8) is 0 Å². The van der Waals surface area contributed by atoms with E-state index in [0.717, 1.165) is 31.5 Å². The fourth-order valence-electron chi connectivity index (χ4n) is 2.35. The lowest BCUT2D eigenvalue weighted by Gasteiger charge is -2.26. The van der Waals surface area contributed by atoms with E-state index in [9.17, 15) is 13.0 Å². The predicted octanol–water partition coefficient (Wildman–Crippen LogP) is 1.79. The van der Waals surface area contributed by atoms with E-state index in [1.807, 2.05) is 13.0 Å². The molecule has 0 saturated carbocycles. The van der Waals surface area contributed by atoms with Crippen LogP contribution in [-0.2, 0) is 10.1 Å². The average Bonchev–Trinajstić information content (AvgIpc) is 2.28. The van der Waals surface area contributed by atoms with Crippen molar-refractivity contribution in [2.24, 2.45) is 0 Å². The highest BCUT2D eigenvalue weighted by Gasteiger charge is 2.20. The molecule has 4 nitrogen and oxygen atoms in total. The molecule has 1 aromatic carbocycles. The third-order valence-electron chi connectivity index (χ3n) is 3.21. The summed E-state index contributed by atoms with van der Waals surface area (Å²) in [5.41, 5.74) is 1.69. The van der Waals surface area contributed by atoms with Crippen LogP contribution in [0, 0.1) is 6.92 Å². The van der Waals surface area contributed by atoms with Gasteiger partial charge in [0.15, 0.2) is 0 Å². The van der Waals surface area contributed by atoms with Gasteiger partial charge < -0.3 is 9.87 Å². The van der Waals surface area contributed by atoms with Gasteiger partial charge in [0.05, 0.1) is 4.90 Å². The van der Waals surface area contributed by atoms with Gasteiger partial charge in [0.1, 0.15) is 10.1 Å². The molecular formula is C12H17ClNO3S-. The Morgan fingerprint density at radius 3 is 2.44 bits per heavy atom. The Labute approximate surface area is 114 Å². The molecule has 0 aromatic heterocycles. The Kier molecular flexibility index (Phi) is 5.16. The van der Waals surface area contributed by atoms with Gasteiger partial charge in [-0.15, -0.1) is 12.4 Å². The second kappa shape index (κ2) is 6.02. The van der Waals surface area contributed by atoms with E-state index in [2.05, 4.69) is 5.32 Å². The van der Waals surface area contributed by atoms with Gasteiger partial charge in [0.25, 0.3) is 0 Å². The molecule has 1 aromatic rings. The van der Waals surface area contributed by atoms with Crippen molar-refractivity contribution < 1.29 is 13.0 Å². The molecule has 0 spiro atoms. The maximum Gasteiger partial charge on any atom is 0.124 e. The van der Waals surface area contributed by atoms with Gasteiger partial charge in [-0.05, 0) is 50.4 Å². The first-order chi connectivity index (χ1) is 7.98. The molecule has 1 fully saturated rings. The van der Waals surface area contributed by atoms with Gasteiger partial charge in [-0.1, -0.05) is 17.7 Å². The van der Waals surface area contributed by atoms with Crippen LogP contribution in [0.25, 0.3) is 0 Å². The Balaban J connectivity index is 0.00000162. The van der Waals surface area contributed by atoms with Crippen LogP contribution in [0.15, 0.2) is 23.1 Å². The van der Waals surface area contributed by atoms with E-state index >= 15 is 0 Å². The Hall–Kier alpha value is -0.620. The second-order valence-electron chi connectivity index (χ2n) is 4.52. The van der Waals surface area contributed by atoms with Crippen LogP contribution in [0.2, 0.25) is 0 Å². The van der Waals surface area contributed by atoms with Crippen LogP contribution in [0.1, 0.15) is 29.9 Å². The first kappa shape index (κ1) is 15.4. The lowest BCUT2D eigenvalue weighted by atomic mass is 9.89. The highest BCUT2D eigenvalue weighted by Crippen LogP contribution is 2.31. The van der Waals surface area contributed by atoms with Crippen molar-refractivity contribution in [1.82, 2.24) is 5.32 Å². The van der Waals surface area contributed by atoms with E-state index in [0.29, 0.717) is 5.56 Å². The quantitative estimate of drug-likeness (QED) is 0.843. The highest BCUT2D eigenvalue weighted by atomic mass is 35.5. The first-order valence-corrected chi connectivity index (χ1v) is 7.16. The predicted molar refractivity (Wildman–Crippen MR) is 71.2 cm³/mol. The largest absolute Gasteiger partial charge is 0.744 e. The van der Waals surface area contributed by atoms with E-state index in [1.54, 1.807) is 6.07 Å². The lowest BCUT2D eigenvalue weighted by Crippen LogP contribution is -2.27. The average molecular weight is 291 g/mol. The molecule has 18 heavy (non-hydrogen) atoms. The van der Waals surface area contributed by atoms with E-state index in [1.165, 1.54) is 6.07 Å². The van der Waals surface area contributed by atoms with Gasteiger partial charge >= 0.3 is 0 Å². The number of hydrogen-bond acceptors (Lipinski definition) is 4. The Morgan fingerprint density at radius 1 is 1.28 bits per heavy atom. The molecule has 1 saturated heterocycles. The van der Waals surface area contributed by atoms with Crippen molar-refractivity contribution in [3.8, 4) is 0 Å². The topological polar surface area (TPSA) is 69.2 Å². The number of nitrogens with one attached hydrogen (secondary N) is 1. The van der Waals surface area contributed by atoms with Gasteiger partial charge in [-0.25, -0.2) is 8.42 Å². The van der Waals surface area contributed by atoms with Crippen LogP contribution < -0.4 is 5.32 Å². The molecule has 102 valence electrons. The molecule has 0 bridgehead atoms. The minimum atomic E-state index is -4.37. The van der Waals surface area contributed by atoms with Gasteiger partial charge in [-0.3, -0.25) is 0 Å². The fourth-order valence-corrected chi connectivity index (χ4v) is 3.10. The Bertz CT molecular complexity index is 510. The van der Waals surface area contributed by atoms with Crippen LogP contribution in [0.4, 0.5) is 0 Å². The molecular weight excluding hydrogens is 274 g/mol. The number of aryl methyl sites for hydroxylation is 1. The standard InChI is InChI=1S/C12H17NO3S.ClH/c1-9-2-3-12(17(14,15)16)11(8-9)10-4-6-13-7-5-10;/h2-3,8,10,13H,4-7H2,1H3,(H,14,15,16);1H/p-1. The number of halogens is 1. The summed E-state index contributed by atoms with van der Waals surface area (Å²) in [5.74, 6) is 0.176. The van der Waals surface area contributed by atoms with Crippen LogP contribution in [0.3, 0.4) is 0 Å². The normalized spacial score (nSPS) is 17.2. The molecule has 0 aliphatic carbocycles. The summed E-state index contributed by atoms with van der Waals surface area (Å²) in [5, 5.41) is 3.23. The molecule has 0 radical (unpaired) electrons. The van der Waals surface area contributed by atoms with E-state index in [4.69, 9.17) is 0 Å². The van der Waals surface area contributed by atoms with Crippen LogP contribution >= 0.6 is 12.4 Å². The van der Waals surface area contributed by atoms with Crippen LogP contribution in [0.5, 0.6) is 0 Å². The van der Waals surface area contributed by atoms with Crippen molar-refractivity contribution >= 4 is 22.5 Å². The van der Waals surface area contributed by atoms with Crippen molar-refractivity contribution in [2.75, 3.05) is 13.1 Å². The highest BCUT2D eigenvalue weighted by molar-refractivity contribution is 7.85. The molecule has 1 heterocycles. The number of piperidine rings is 1. The van der Waals surface area contributed by atoms with Crippen molar-refractivity contribution in [2.45, 2.75) is 30.6 Å². The zero-order valence-corrected chi connectivity index (χ0v) is 11.8. The third-order valence-corrected chi connectivity index (χ3v) is 4.12. The third kappa shape index (κ3) is 3.45. The summed E-state index contributed by atoms with van der Waals surface area (Å²) in [4.78, 5) is -0.0463. The summed E-state index contributed by atoms with van der Waals surface area (Å²) in [6.45, 7) is 3.65. The van der Waals surface area contributed by atoms with Gasteiger partial charge in [0, 0.05) is 0 Å². The van der Waals surface area contributed by atoms with E-state index in [-0.39, 0.29) is 23.2 Å². The minimum absolute atomic E-state index is 0. The maximum atomic E-state index is 11.2. The number of rotatable bonds is 2. The zero-order chi connectivity index (χ0) is 12.5. The maximum absolute atomic E-state index is 11.2.